The molecule has 1 aromatic heterocycles. The first kappa shape index (κ1) is 10.8. The normalized spacial score (nSPS) is 16.2. The van der Waals surface area contributed by atoms with Crippen molar-refractivity contribution in [2.75, 3.05) is 31.2 Å². The second-order valence-electron chi connectivity index (χ2n) is 3.29. The monoisotopic (exact) mass is 227 g/mol. The second kappa shape index (κ2) is 4.86. The molecular weight excluding hydrogens is 214 g/mol. The van der Waals surface area contributed by atoms with Gasteiger partial charge in [-0.05, 0) is 5.21 Å². The largest absolute Gasteiger partial charge is 0.378 e. The summed E-state index contributed by atoms with van der Waals surface area (Å²) in [7, 11) is 0. The molecule has 1 fully saturated rings. The van der Waals surface area contributed by atoms with E-state index < -0.39 is 0 Å². The number of anilines is 1. The van der Waals surface area contributed by atoms with Crippen molar-refractivity contribution in [1.29, 1.82) is 0 Å². The van der Waals surface area contributed by atoms with E-state index in [4.69, 9.17) is 10.6 Å². The third-order valence-electron chi connectivity index (χ3n) is 2.18. The molecule has 88 valence electrons. The van der Waals surface area contributed by atoms with Crippen LogP contribution in [-0.4, -0.2) is 52.4 Å². The molecule has 2 heterocycles. The molecule has 1 saturated heterocycles. The first-order valence-electron chi connectivity index (χ1n) is 4.89. The summed E-state index contributed by atoms with van der Waals surface area (Å²) in [6.45, 7) is 2.73. The lowest BCUT2D eigenvalue weighted by Gasteiger charge is -2.24. The van der Waals surface area contributed by atoms with Gasteiger partial charge >= 0.3 is 0 Å². The molecule has 0 bridgehead atoms. The van der Waals surface area contributed by atoms with Gasteiger partial charge in [-0.3, -0.25) is 10.2 Å². The van der Waals surface area contributed by atoms with Crippen molar-refractivity contribution < 1.29 is 9.53 Å². The van der Waals surface area contributed by atoms with Crippen LogP contribution in [0.3, 0.4) is 0 Å². The Balaban J connectivity index is 1.98. The minimum Gasteiger partial charge on any atom is -0.378 e. The van der Waals surface area contributed by atoms with E-state index in [1.165, 1.54) is 4.80 Å². The second-order valence-corrected chi connectivity index (χ2v) is 3.29. The number of hydrazine groups is 1. The Morgan fingerprint density at radius 1 is 1.50 bits per heavy atom. The van der Waals surface area contributed by atoms with Gasteiger partial charge in [0.05, 0.1) is 13.2 Å². The number of hydrogen-bond donors (Lipinski definition) is 2. The average Bonchev–Trinajstić information content (AvgIpc) is 2.78. The van der Waals surface area contributed by atoms with Crippen LogP contribution in [0.4, 0.5) is 5.95 Å². The molecule has 0 unspecified atom stereocenters. The van der Waals surface area contributed by atoms with Crippen molar-refractivity contribution in [2.24, 2.45) is 5.84 Å². The summed E-state index contributed by atoms with van der Waals surface area (Å²) in [6.07, 6.45) is 0. The van der Waals surface area contributed by atoms with Crippen LogP contribution in [0.15, 0.2) is 0 Å². The number of hydrogen-bond acceptors (Lipinski definition) is 7. The molecule has 0 atom stereocenters. The Bertz CT molecular complexity index is 359. The Kier molecular flexibility index (Phi) is 3.27. The Morgan fingerprint density at radius 2 is 2.25 bits per heavy atom. The van der Waals surface area contributed by atoms with Crippen molar-refractivity contribution in [3.63, 3.8) is 0 Å². The summed E-state index contributed by atoms with van der Waals surface area (Å²) in [5.74, 6) is 5.09. The fourth-order valence-corrected chi connectivity index (χ4v) is 1.37. The number of nitrogens with one attached hydrogen (secondary N) is 1. The number of amides is 1. The van der Waals surface area contributed by atoms with Crippen LogP contribution in [0.25, 0.3) is 0 Å². The highest BCUT2D eigenvalue weighted by atomic mass is 16.5. The van der Waals surface area contributed by atoms with Crippen molar-refractivity contribution in [2.45, 2.75) is 6.54 Å². The molecule has 0 saturated carbocycles. The van der Waals surface area contributed by atoms with Crippen LogP contribution >= 0.6 is 0 Å². The maximum absolute atomic E-state index is 11.0. The van der Waals surface area contributed by atoms with Crippen LogP contribution in [0.2, 0.25) is 0 Å². The molecule has 9 nitrogen and oxygen atoms in total. The van der Waals surface area contributed by atoms with Gasteiger partial charge in [0.15, 0.2) is 0 Å². The predicted octanol–water partition coefficient (Wildman–Crippen LogP) is -2.50. The topological polar surface area (TPSA) is 111 Å². The summed E-state index contributed by atoms with van der Waals surface area (Å²) < 4.78 is 5.20. The molecule has 2 rings (SSSR count). The molecule has 1 aliphatic rings. The summed E-state index contributed by atoms with van der Waals surface area (Å²) in [5, 5.41) is 11.7. The highest BCUT2D eigenvalue weighted by Crippen LogP contribution is 2.06. The van der Waals surface area contributed by atoms with Gasteiger partial charge in [0.2, 0.25) is 0 Å². The van der Waals surface area contributed by atoms with Crippen molar-refractivity contribution in [1.82, 2.24) is 25.6 Å². The maximum atomic E-state index is 11.0. The lowest BCUT2D eigenvalue weighted by Crippen LogP contribution is -2.37. The van der Waals surface area contributed by atoms with Crippen molar-refractivity contribution in [3.8, 4) is 0 Å². The minimum absolute atomic E-state index is 0.0339. The van der Waals surface area contributed by atoms with Gasteiger partial charge in [-0.25, -0.2) is 5.84 Å². The lowest BCUT2D eigenvalue weighted by molar-refractivity contribution is -0.122. The third kappa shape index (κ3) is 2.44. The summed E-state index contributed by atoms with van der Waals surface area (Å²) in [6, 6.07) is 0. The summed E-state index contributed by atoms with van der Waals surface area (Å²) in [5.41, 5.74) is 2.00. The average molecular weight is 227 g/mol. The molecule has 1 amide bonds. The first-order chi connectivity index (χ1) is 7.79. The molecule has 9 heteroatoms. The molecule has 16 heavy (non-hydrogen) atoms. The number of ether oxygens (including phenoxy) is 1. The zero-order valence-electron chi connectivity index (χ0n) is 8.67. The van der Waals surface area contributed by atoms with Gasteiger partial charge < -0.3 is 9.64 Å². The highest BCUT2D eigenvalue weighted by molar-refractivity contribution is 5.74. The number of rotatable bonds is 3. The van der Waals surface area contributed by atoms with Crippen LogP contribution in [0.1, 0.15) is 0 Å². The number of carbonyl (C=O) groups is 1. The number of aromatic nitrogens is 4. The van der Waals surface area contributed by atoms with E-state index in [1.54, 1.807) is 0 Å². The van der Waals surface area contributed by atoms with Crippen LogP contribution < -0.4 is 16.2 Å². The number of morpholine rings is 1. The molecule has 0 aromatic carbocycles. The Morgan fingerprint density at radius 3 is 2.94 bits per heavy atom. The lowest BCUT2D eigenvalue weighted by atomic mass is 10.4. The van der Waals surface area contributed by atoms with E-state index in [1.807, 2.05) is 10.3 Å². The zero-order chi connectivity index (χ0) is 11.4. The predicted molar refractivity (Wildman–Crippen MR) is 53.2 cm³/mol. The van der Waals surface area contributed by atoms with Gasteiger partial charge in [-0.15, -0.1) is 5.10 Å². The Hall–Kier alpha value is -1.74. The minimum atomic E-state index is -0.370. The molecule has 0 spiro atoms. The molecule has 1 aromatic rings. The maximum Gasteiger partial charge on any atom is 0.266 e. The van der Waals surface area contributed by atoms with Crippen molar-refractivity contribution >= 4 is 11.9 Å². The van der Waals surface area contributed by atoms with E-state index in [9.17, 15) is 4.79 Å². The fourth-order valence-electron chi connectivity index (χ4n) is 1.37. The number of tetrazole rings is 1. The molecule has 0 radical (unpaired) electrons. The number of nitrogens with zero attached hydrogens (tertiary/aromatic N) is 5. The van der Waals surface area contributed by atoms with Gasteiger partial charge in [-0.1, -0.05) is 5.10 Å². The molecule has 1 aliphatic heterocycles. The van der Waals surface area contributed by atoms with Crippen molar-refractivity contribution in [3.05, 3.63) is 0 Å². The van der Waals surface area contributed by atoms with Gasteiger partial charge in [-0.2, -0.15) is 4.80 Å². The Labute approximate surface area is 91.5 Å². The highest BCUT2D eigenvalue weighted by Gasteiger charge is 2.16. The zero-order valence-corrected chi connectivity index (χ0v) is 8.67. The fraction of sp³-hybridized carbons (Fsp3) is 0.714. The van der Waals surface area contributed by atoms with Gasteiger partial charge in [0.25, 0.3) is 11.9 Å². The summed E-state index contributed by atoms with van der Waals surface area (Å²) in [4.78, 5) is 14.1. The molecule has 3 N–H and O–H groups in total. The smallest absolute Gasteiger partial charge is 0.266 e. The van der Waals surface area contributed by atoms with Gasteiger partial charge in [0, 0.05) is 13.1 Å². The van der Waals surface area contributed by atoms with E-state index in [2.05, 4.69) is 15.4 Å². The van der Waals surface area contributed by atoms with E-state index in [-0.39, 0.29) is 12.5 Å². The SMILES string of the molecule is NNC(=O)Cn1nnc(N2CCOCC2)n1. The van der Waals surface area contributed by atoms with Gasteiger partial charge in [0.1, 0.15) is 6.54 Å². The van der Waals surface area contributed by atoms with Crippen LogP contribution in [0.5, 0.6) is 0 Å². The molecule has 0 aliphatic carbocycles. The van der Waals surface area contributed by atoms with E-state index in [0.717, 1.165) is 13.1 Å². The van der Waals surface area contributed by atoms with E-state index >= 15 is 0 Å². The quantitative estimate of drug-likeness (QED) is 0.333. The van der Waals surface area contributed by atoms with Crippen LogP contribution in [0, 0.1) is 0 Å². The first-order valence-corrected chi connectivity index (χ1v) is 4.89. The van der Waals surface area contributed by atoms with Crippen LogP contribution in [-0.2, 0) is 16.1 Å². The standard InChI is InChI=1S/C7H13N7O2/c8-9-6(15)5-14-11-7(10-12-14)13-1-3-16-4-2-13/h1-5,8H2,(H,9,15). The summed E-state index contributed by atoms with van der Waals surface area (Å²) >= 11 is 0. The third-order valence-corrected chi connectivity index (χ3v) is 2.18. The number of nitrogens with two attached hydrogens (primary N) is 1. The molecular formula is C7H13N7O2. The number of carbonyl (C=O) groups excluding carboxylic acids is 1. The van der Waals surface area contributed by atoms with E-state index in [0.29, 0.717) is 19.2 Å².